The number of hydrogen-bond donors (Lipinski definition) is 1. The molecule has 0 aliphatic carbocycles. The van der Waals surface area contributed by atoms with Crippen LogP contribution in [0.4, 0.5) is 39.5 Å². The number of fused-ring (bicyclic) bond motifs is 1. The van der Waals surface area contributed by atoms with Crippen LogP contribution in [-0.2, 0) is 0 Å². The van der Waals surface area contributed by atoms with Crippen LogP contribution in [0.3, 0.4) is 0 Å². The highest BCUT2D eigenvalue weighted by atomic mass is 19.4. The molecule has 2 aliphatic heterocycles. The summed E-state index contributed by atoms with van der Waals surface area (Å²) in [5.41, 5.74) is -0.715. The Morgan fingerprint density at radius 1 is 1.11 bits per heavy atom. The summed E-state index contributed by atoms with van der Waals surface area (Å²) in [7, 11) is 0. The molecule has 0 bridgehead atoms. The lowest BCUT2D eigenvalue weighted by Gasteiger charge is -2.43. The third kappa shape index (κ3) is 4.01. The van der Waals surface area contributed by atoms with Crippen LogP contribution in [0, 0.1) is 5.92 Å². The molecule has 0 aromatic heterocycles. The average molecular weight is 427 g/mol. The van der Waals surface area contributed by atoms with Crippen LogP contribution in [0.2, 0.25) is 0 Å². The third-order valence-electron chi connectivity index (χ3n) is 5.38. The maximum atomic E-state index is 13.8. The molecule has 0 unspecified atom stereocenters. The van der Waals surface area contributed by atoms with Crippen LogP contribution in [0.15, 0.2) is 11.6 Å². The van der Waals surface area contributed by atoms with Crippen molar-refractivity contribution in [2.45, 2.75) is 75.1 Å². The molecule has 3 atom stereocenters. The summed E-state index contributed by atoms with van der Waals surface area (Å²) in [5.74, 6) is -20.5. The molecule has 0 aromatic rings. The molecule has 1 N–H and O–H groups in total. The van der Waals surface area contributed by atoms with Crippen molar-refractivity contribution in [3.8, 4) is 0 Å². The van der Waals surface area contributed by atoms with Crippen LogP contribution < -0.4 is 0 Å². The van der Waals surface area contributed by atoms with Crippen molar-refractivity contribution < 1.29 is 44.6 Å². The Balaban J connectivity index is 2.17. The van der Waals surface area contributed by atoms with Gasteiger partial charge in [0.1, 0.15) is 0 Å². The minimum atomic E-state index is -6.87. The van der Waals surface area contributed by atoms with E-state index in [1.165, 1.54) is 0 Å². The molecule has 2 aliphatic rings. The van der Waals surface area contributed by atoms with E-state index in [4.69, 9.17) is 0 Å². The van der Waals surface area contributed by atoms with E-state index in [0.29, 0.717) is 18.7 Å². The molecule has 2 fully saturated rings. The summed E-state index contributed by atoms with van der Waals surface area (Å²) in [5, 5.41) is 10.5. The van der Waals surface area contributed by atoms with E-state index in [-0.39, 0.29) is 12.5 Å². The zero-order chi connectivity index (χ0) is 21.8. The number of aliphatic hydroxyl groups is 1. The number of rotatable bonds is 5. The molecule has 2 heterocycles. The second-order valence-corrected chi connectivity index (χ2v) is 8.02. The van der Waals surface area contributed by atoms with Crippen molar-refractivity contribution in [3.63, 3.8) is 0 Å². The summed E-state index contributed by atoms with van der Waals surface area (Å²) in [6.45, 7) is 3.54. The van der Waals surface area contributed by atoms with Gasteiger partial charge in [0.05, 0.1) is 5.60 Å². The van der Waals surface area contributed by atoms with Crippen molar-refractivity contribution in [2.75, 3.05) is 13.1 Å². The van der Waals surface area contributed by atoms with Gasteiger partial charge >= 0.3 is 23.9 Å². The molecule has 0 aromatic carbocycles. The number of alkyl halides is 9. The fourth-order valence-corrected chi connectivity index (χ4v) is 4.13. The van der Waals surface area contributed by atoms with Gasteiger partial charge in [0.25, 0.3) is 0 Å². The fourth-order valence-electron chi connectivity index (χ4n) is 4.13. The zero-order valence-electron chi connectivity index (χ0n) is 15.3. The second kappa shape index (κ2) is 7.07. The number of halogens is 9. The molecular formula is C17H22F9NO. The number of allylic oxidation sites excluding steroid dienone is 1. The molecule has 0 saturated carbocycles. The van der Waals surface area contributed by atoms with Gasteiger partial charge in [0, 0.05) is 19.0 Å². The maximum absolute atomic E-state index is 13.8. The van der Waals surface area contributed by atoms with Crippen LogP contribution in [-0.4, -0.2) is 58.7 Å². The van der Waals surface area contributed by atoms with Crippen molar-refractivity contribution in [1.82, 2.24) is 4.90 Å². The van der Waals surface area contributed by atoms with Crippen molar-refractivity contribution >= 4 is 0 Å². The van der Waals surface area contributed by atoms with E-state index in [9.17, 15) is 44.6 Å². The molecule has 2 saturated heterocycles. The van der Waals surface area contributed by atoms with E-state index >= 15 is 0 Å². The first-order valence-electron chi connectivity index (χ1n) is 8.78. The van der Waals surface area contributed by atoms with Crippen LogP contribution in [0.1, 0.15) is 39.5 Å². The molecule has 28 heavy (non-hydrogen) atoms. The normalized spacial score (nSPS) is 30.6. The second-order valence-electron chi connectivity index (χ2n) is 8.02. The highest BCUT2D eigenvalue weighted by molar-refractivity contribution is 5.18. The SMILES string of the molecule is C[C@@H](/C=C1\CN2CCC[C@H]2[C@@](C)(O)C1)CC(F)(F)C(F)(F)C(F)(F)C(F)(F)F. The topological polar surface area (TPSA) is 23.5 Å². The van der Waals surface area contributed by atoms with Crippen LogP contribution in [0.5, 0.6) is 0 Å². The van der Waals surface area contributed by atoms with Gasteiger partial charge in [0.15, 0.2) is 0 Å². The van der Waals surface area contributed by atoms with Gasteiger partial charge in [-0.1, -0.05) is 18.6 Å². The van der Waals surface area contributed by atoms with E-state index in [2.05, 4.69) is 0 Å². The number of nitrogens with zero attached hydrogens (tertiary/aromatic N) is 1. The summed E-state index contributed by atoms with van der Waals surface area (Å²) in [4.78, 5) is 1.91. The third-order valence-corrected chi connectivity index (χ3v) is 5.38. The van der Waals surface area contributed by atoms with Gasteiger partial charge in [0.2, 0.25) is 0 Å². The molecular weight excluding hydrogens is 405 g/mol. The summed E-state index contributed by atoms with van der Waals surface area (Å²) in [6.07, 6.45) is -5.90. The minimum Gasteiger partial charge on any atom is -0.388 e. The Morgan fingerprint density at radius 3 is 2.21 bits per heavy atom. The molecule has 0 spiro atoms. The van der Waals surface area contributed by atoms with Gasteiger partial charge in [-0.25, -0.2) is 0 Å². The largest absolute Gasteiger partial charge is 0.460 e. The van der Waals surface area contributed by atoms with Crippen LogP contribution >= 0.6 is 0 Å². The first-order chi connectivity index (χ1) is 12.4. The Labute approximate surface area is 156 Å². The summed E-state index contributed by atoms with van der Waals surface area (Å²) < 4.78 is 117. The lowest BCUT2D eigenvalue weighted by Crippen LogP contribution is -2.61. The lowest BCUT2D eigenvalue weighted by atomic mass is 9.82. The first kappa shape index (κ1) is 23.3. The zero-order valence-corrected chi connectivity index (χ0v) is 15.3. The molecule has 0 radical (unpaired) electrons. The Kier molecular flexibility index (Phi) is 5.89. The van der Waals surface area contributed by atoms with Gasteiger partial charge in [-0.05, 0) is 38.6 Å². The Hall–Kier alpha value is -0.970. The lowest BCUT2D eigenvalue weighted by molar-refractivity contribution is -0.397. The fraction of sp³-hybridized carbons (Fsp3) is 0.882. The van der Waals surface area contributed by atoms with Gasteiger partial charge in [-0.15, -0.1) is 0 Å². The predicted molar refractivity (Wildman–Crippen MR) is 82.6 cm³/mol. The molecule has 2 nitrogen and oxygen atoms in total. The average Bonchev–Trinajstić information content (AvgIpc) is 2.93. The number of hydrogen-bond acceptors (Lipinski definition) is 2. The highest BCUT2D eigenvalue weighted by Gasteiger charge is 2.81. The maximum Gasteiger partial charge on any atom is 0.460 e. The van der Waals surface area contributed by atoms with E-state index in [1.807, 2.05) is 4.90 Å². The highest BCUT2D eigenvalue weighted by Crippen LogP contribution is 2.54. The van der Waals surface area contributed by atoms with Crippen molar-refractivity contribution in [2.24, 2.45) is 5.92 Å². The molecule has 164 valence electrons. The smallest absolute Gasteiger partial charge is 0.388 e. The van der Waals surface area contributed by atoms with E-state index in [1.54, 1.807) is 6.92 Å². The van der Waals surface area contributed by atoms with Gasteiger partial charge in [-0.3, -0.25) is 4.90 Å². The molecule has 11 heteroatoms. The Bertz CT molecular complexity index is 612. The number of piperidine rings is 1. The first-order valence-corrected chi connectivity index (χ1v) is 8.78. The summed E-state index contributed by atoms with van der Waals surface area (Å²) >= 11 is 0. The molecule has 2 rings (SSSR count). The van der Waals surface area contributed by atoms with Gasteiger partial charge < -0.3 is 5.11 Å². The quantitative estimate of drug-likeness (QED) is 0.492. The van der Waals surface area contributed by atoms with Gasteiger partial charge in [-0.2, -0.15) is 39.5 Å². The minimum absolute atomic E-state index is 0.0825. The summed E-state index contributed by atoms with van der Waals surface area (Å²) in [6, 6.07) is -0.129. The monoisotopic (exact) mass is 427 g/mol. The van der Waals surface area contributed by atoms with Crippen molar-refractivity contribution in [1.29, 1.82) is 0 Å². The van der Waals surface area contributed by atoms with Crippen molar-refractivity contribution in [3.05, 3.63) is 11.6 Å². The standard InChI is InChI=1S/C17H22F9NO/c1-10(6-11-8-13(2,28)12-4-3-5-27(12)9-11)7-14(18,19)15(20,21)16(22,23)17(24,25)26/h6,10,12,28H,3-5,7-9H2,1-2H3/b11-6-/t10-,12-,13-/m0/s1. The molecule has 0 amide bonds. The predicted octanol–water partition coefficient (Wildman–Crippen LogP) is 5.03. The van der Waals surface area contributed by atoms with Crippen LogP contribution in [0.25, 0.3) is 0 Å². The van der Waals surface area contributed by atoms with E-state index < -0.39 is 41.9 Å². The Morgan fingerprint density at radius 2 is 1.68 bits per heavy atom. The van der Waals surface area contributed by atoms with E-state index in [0.717, 1.165) is 25.8 Å².